The minimum atomic E-state index is -0.216. The van der Waals surface area contributed by atoms with Crippen LogP contribution >= 0.6 is 0 Å². The molecule has 1 saturated heterocycles. The third-order valence-electron chi connectivity index (χ3n) is 5.40. The highest BCUT2D eigenvalue weighted by molar-refractivity contribution is 5.89. The molecule has 4 heteroatoms. The summed E-state index contributed by atoms with van der Waals surface area (Å²) in [5, 5.41) is 3.12. The van der Waals surface area contributed by atoms with Crippen LogP contribution in [0.2, 0.25) is 0 Å². The Morgan fingerprint density at radius 1 is 1.20 bits per heavy atom. The van der Waals surface area contributed by atoms with Gasteiger partial charge in [-0.1, -0.05) is 32.0 Å². The van der Waals surface area contributed by atoms with Gasteiger partial charge in [-0.05, 0) is 55.2 Å². The number of hydrogen-bond donors (Lipinski definition) is 1. The van der Waals surface area contributed by atoms with Crippen LogP contribution in [0.15, 0.2) is 18.2 Å². The van der Waals surface area contributed by atoms with Gasteiger partial charge in [0.15, 0.2) is 0 Å². The van der Waals surface area contributed by atoms with E-state index in [1.807, 2.05) is 11.8 Å². The number of likely N-dealkylation sites (tertiary alicyclic amines) is 1. The van der Waals surface area contributed by atoms with Gasteiger partial charge in [-0.25, -0.2) is 0 Å². The summed E-state index contributed by atoms with van der Waals surface area (Å²) in [6, 6.07) is 6.59. The average molecular weight is 342 g/mol. The number of benzene rings is 1. The molecule has 1 aliphatic heterocycles. The molecule has 1 aromatic carbocycles. The Bertz CT molecular complexity index is 653. The largest absolute Gasteiger partial charge is 0.349 e. The average Bonchev–Trinajstić information content (AvgIpc) is 2.94. The van der Waals surface area contributed by atoms with E-state index in [2.05, 4.69) is 37.4 Å². The van der Waals surface area contributed by atoms with E-state index < -0.39 is 0 Å². The fraction of sp³-hybridized carbons (Fsp3) is 0.619. The summed E-state index contributed by atoms with van der Waals surface area (Å²) in [4.78, 5) is 26.5. The first-order valence-corrected chi connectivity index (χ1v) is 9.64. The molecule has 25 heavy (non-hydrogen) atoms. The number of hydrogen-bond acceptors (Lipinski definition) is 2. The minimum Gasteiger partial charge on any atom is -0.349 e. The lowest BCUT2D eigenvalue weighted by atomic mass is 9.89. The number of amides is 2. The smallest absolute Gasteiger partial charge is 0.225 e. The van der Waals surface area contributed by atoms with Gasteiger partial charge in [0.05, 0.1) is 12.0 Å². The molecule has 3 rings (SSSR count). The number of rotatable bonds is 5. The Hall–Kier alpha value is -1.84. The van der Waals surface area contributed by atoms with Gasteiger partial charge in [-0.2, -0.15) is 0 Å². The van der Waals surface area contributed by atoms with Gasteiger partial charge < -0.3 is 10.2 Å². The lowest BCUT2D eigenvalue weighted by Crippen LogP contribution is -2.35. The van der Waals surface area contributed by atoms with E-state index in [9.17, 15) is 9.59 Å². The van der Waals surface area contributed by atoms with Crippen LogP contribution in [0.25, 0.3) is 0 Å². The van der Waals surface area contributed by atoms with Crippen LogP contribution in [0, 0.1) is 11.8 Å². The van der Waals surface area contributed by atoms with Gasteiger partial charge in [0.25, 0.3) is 0 Å². The fourth-order valence-corrected chi connectivity index (χ4v) is 4.00. The second kappa shape index (κ2) is 7.59. The molecule has 0 bridgehead atoms. The van der Waals surface area contributed by atoms with Gasteiger partial charge in [-0.15, -0.1) is 0 Å². The highest BCUT2D eigenvalue weighted by atomic mass is 16.2. The molecule has 2 aliphatic rings. The Balaban J connectivity index is 1.60. The van der Waals surface area contributed by atoms with Crippen molar-refractivity contribution < 1.29 is 9.59 Å². The molecule has 2 atom stereocenters. The normalized spacial score (nSPS) is 21.4. The number of fused-ring (bicyclic) bond motifs is 1. The maximum atomic E-state index is 12.6. The van der Waals surface area contributed by atoms with Crippen molar-refractivity contribution in [3.63, 3.8) is 0 Å². The Labute approximate surface area is 151 Å². The lowest BCUT2D eigenvalue weighted by molar-refractivity contribution is -0.129. The molecule has 4 nitrogen and oxygen atoms in total. The van der Waals surface area contributed by atoms with Gasteiger partial charge in [-0.3, -0.25) is 9.59 Å². The summed E-state index contributed by atoms with van der Waals surface area (Å²) < 4.78 is 0. The zero-order valence-corrected chi connectivity index (χ0v) is 15.7. The minimum absolute atomic E-state index is 0.00447. The third-order valence-corrected chi connectivity index (χ3v) is 5.40. The van der Waals surface area contributed by atoms with Crippen molar-refractivity contribution >= 4 is 11.8 Å². The molecule has 136 valence electrons. The SMILES string of the molecule is CC(C)CN1CC(C(=O)NC(C)c2ccc3c(c2)CCCC3)CC1=O. The van der Waals surface area contributed by atoms with Crippen molar-refractivity contribution in [3.8, 4) is 0 Å². The van der Waals surface area contributed by atoms with Crippen molar-refractivity contribution in [1.82, 2.24) is 10.2 Å². The predicted octanol–water partition coefficient (Wildman–Crippen LogP) is 3.25. The summed E-state index contributed by atoms with van der Waals surface area (Å²) in [7, 11) is 0. The molecule has 2 amide bonds. The second-order valence-electron chi connectivity index (χ2n) is 8.06. The first-order chi connectivity index (χ1) is 11.9. The highest BCUT2D eigenvalue weighted by Crippen LogP contribution is 2.26. The number of aryl methyl sites for hydroxylation is 2. The molecule has 1 fully saturated rings. The van der Waals surface area contributed by atoms with Gasteiger partial charge >= 0.3 is 0 Å². The van der Waals surface area contributed by atoms with E-state index in [4.69, 9.17) is 0 Å². The van der Waals surface area contributed by atoms with Gasteiger partial charge in [0.1, 0.15) is 0 Å². The van der Waals surface area contributed by atoms with Crippen LogP contribution in [0.5, 0.6) is 0 Å². The zero-order valence-electron chi connectivity index (χ0n) is 15.7. The quantitative estimate of drug-likeness (QED) is 0.893. The maximum absolute atomic E-state index is 12.6. The van der Waals surface area contributed by atoms with Crippen LogP contribution in [0.1, 0.15) is 62.8 Å². The van der Waals surface area contributed by atoms with Crippen molar-refractivity contribution in [2.24, 2.45) is 11.8 Å². The second-order valence-corrected chi connectivity index (χ2v) is 8.06. The van der Waals surface area contributed by atoms with Crippen molar-refractivity contribution in [3.05, 3.63) is 34.9 Å². The number of nitrogens with one attached hydrogen (secondary N) is 1. The van der Waals surface area contributed by atoms with Crippen LogP contribution < -0.4 is 5.32 Å². The summed E-state index contributed by atoms with van der Waals surface area (Å²) in [5.41, 5.74) is 4.06. The molecule has 2 unspecified atom stereocenters. The van der Waals surface area contributed by atoms with E-state index in [0.717, 1.165) is 18.5 Å². The summed E-state index contributed by atoms with van der Waals surface area (Å²) >= 11 is 0. The maximum Gasteiger partial charge on any atom is 0.225 e. The van der Waals surface area contributed by atoms with Gasteiger partial charge in [0.2, 0.25) is 11.8 Å². The monoisotopic (exact) mass is 342 g/mol. The predicted molar refractivity (Wildman–Crippen MR) is 99.2 cm³/mol. The molecule has 0 radical (unpaired) electrons. The summed E-state index contributed by atoms with van der Waals surface area (Å²) in [6.45, 7) is 7.52. The van der Waals surface area contributed by atoms with Crippen molar-refractivity contribution in [2.45, 2.75) is 58.9 Å². The zero-order chi connectivity index (χ0) is 18.0. The number of nitrogens with zero attached hydrogens (tertiary/aromatic N) is 1. The van der Waals surface area contributed by atoms with E-state index in [1.54, 1.807) is 0 Å². The topological polar surface area (TPSA) is 49.4 Å². The fourth-order valence-electron chi connectivity index (χ4n) is 4.00. The number of carbonyl (C=O) groups excluding carboxylic acids is 2. The first kappa shape index (κ1) is 18.0. The van der Waals surface area contributed by atoms with Crippen LogP contribution in [0.3, 0.4) is 0 Å². The van der Waals surface area contributed by atoms with Crippen molar-refractivity contribution in [1.29, 1.82) is 0 Å². The number of carbonyl (C=O) groups is 2. The van der Waals surface area contributed by atoms with Crippen molar-refractivity contribution in [2.75, 3.05) is 13.1 Å². The molecule has 1 heterocycles. The van der Waals surface area contributed by atoms with E-state index in [0.29, 0.717) is 18.9 Å². The highest BCUT2D eigenvalue weighted by Gasteiger charge is 2.34. The molecule has 0 saturated carbocycles. The van der Waals surface area contributed by atoms with E-state index >= 15 is 0 Å². The van der Waals surface area contributed by atoms with E-state index in [-0.39, 0.29) is 23.8 Å². The molecule has 1 aliphatic carbocycles. The standard InChI is InChI=1S/C21H30N2O2/c1-14(2)12-23-13-19(11-20(23)24)21(25)22-15(3)17-9-8-16-6-4-5-7-18(16)10-17/h8-10,14-15,19H,4-7,11-13H2,1-3H3,(H,22,25). The summed E-state index contributed by atoms with van der Waals surface area (Å²) in [6.07, 6.45) is 5.20. The van der Waals surface area contributed by atoms with Crippen LogP contribution in [-0.4, -0.2) is 29.8 Å². The molecule has 0 spiro atoms. The summed E-state index contributed by atoms with van der Waals surface area (Å²) in [5.74, 6) is 0.326. The third kappa shape index (κ3) is 4.23. The van der Waals surface area contributed by atoms with Gasteiger partial charge in [0, 0.05) is 19.5 Å². The lowest BCUT2D eigenvalue weighted by Gasteiger charge is -2.22. The molecule has 1 N–H and O–H groups in total. The van der Waals surface area contributed by atoms with E-state index in [1.165, 1.54) is 30.4 Å². The van der Waals surface area contributed by atoms with Crippen LogP contribution in [-0.2, 0) is 22.4 Å². The molecular formula is C21H30N2O2. The molecule has 1 aromatic rings. The van der Waals surface area contributed by atoms with Crippen LogP contribution in [0.4, 0.5) is 0 Å². The molecular weight excluding hydrogens is 312 g/mol. The Morgan fingerprint density at radius 2 is 1.92 bits per heavy atom. The molecule has 0 aromatic heterocycles. The first-order valence-electron chi connectivity index (χ1n) is 9.64. The Morgan fingerprint density at radius 3 is 2.64 bits per heavy atom. The Kier molecular flexibility index (Phi) is 5.45.